The van der Waals surface area contributed by atoms with E-state index in [1.54, 1.807) is 0 Å². The van der Waals surface area contributed by atoms with Gasteiger partial charge in [0, 0.05) is 26.4 Å². The SMILES string of the molecule is OCCOCCOCCCOCCCOCCOCCO. The normalized spacial score (nSPS) is 11.1. The minimum absolute atomic E-state index is 0.0488. The van der Waals surface area contributed by atoms with Crippen molar-refractivity contribution in [3.8, 4) is 0 Å². The fourth-order valence-electron chi connectivity index (χ4n) is 1.40. The maximum atomic E-state index is 8.49. The Morgan fingerprint density at radius 3 is 1.00 bits per heavy atom. The molecule has 128 valence electrons. The monoisotopic (exact) mass is 310 g/mol. The van der Waals surface area contributed by atoms with E-state index in [1.165, 1.54) is 0 Å². The molecule has 0 heterocycles. The Labute approximate surface area is 127 Å². The predicted octanol–water partition coefficient (Wildman–Crippen LogP) is -0.166. The van der Waals surface area contributed by atoms with Crippen molar-refractivity contribution in [3.05, 3.63) is 0 Å². The van der Waals surface area contributed by atoms with Crippen molar-refractivity contribution in [1.29, 1.82) is 0 Å². The van der Waals surface area contributed by atoms with E-state index in [1.807, 2.05) is 0 Å². The Balaban J connectivity index is 2.90. The highest BCUT2D eigenvalue weighted by molar-refractivity contribution is 4.39. The van der Waals surface area contributed by atoms with Crippen LogP contribution in [0, 0.1) is 0 Å². The molecule has 0 fully saturated rings. The van der Waals surface area contributed by atoms with Crippen LogP contribution in [0.5, 0.6) is 0 Å². The largest absolute Gasteiger partial charge is 0.394 e. The van der Waals surface area contributed by atoms with E-state index in [0.29, 0.717) is 66.1 Å². The number of ether oxygens (including phenoxy) is 5. The van der Waals surface area contributed by atoms with E-state index in [0.717, 1.165) is 12.8 Å². The first-order chi connectivity index (χ1) is 10.4. The quantitative estimate of drug-likeness (QED) is 0.340. The molecule has 0 amide bonds. The van der Waals surface area contributed by atoms with Crippen LogP contribution in [0.4, 0.5) is 0 Å². The second-order valence-corrected chi connectivity index (χ2v) is 4.22. The van der Waals surface area contributed by atoms with Crippen LogP contribution in [0.15, 0.2) is 0 Å². The molecule has 0 aromatic rings. The second kappa shape index (κ2) is 19.7. The molecule has 0 aromatic heterocycles. The summed E-state index contributed by atoms with van der Waals surface area (Å²) in [6.45, 7) is 5.61. The third-order valence-electron chi connectivity index (χ3n) is 2.37. The molecule has 7 nitrogen and oxygen atoms in total. The van der Waals surface area contributed by atoms with E-state index in [4.69, 9.17) is 33.9 Å². The fraction of sp³-hybridized carbons (Fsp3) is 1.00. The molecule has 0 unspecified atom stereocenters. The van der Waals surface area contributed by atoms with Gasteiger partial charge < -0.3 is 33.9 Å². The van der Waals surface area contributed by atoms with Gasteiger partial charge in [0.2, 0.25) is 0 Å². The van der Waals surface area contributed by atoms with Gasteiger partial charge in [0.25, 0.3) is 0 Å². The van der Waals surface area contributed by atoms with Crippen LogP contribution in [-0.2, 0) is 23.7 Å². The highest BCUT2D eigenvalue weighted by Gasteiger charge is 1.93. The molecular weight excluding hydrogens is 280 g/mol. The zero-order chi connectivity index (χ0) is 15.4. The Kier molecular flexibility index (Phi) is 19.5. The summed E-state index contributed by atoms with van der Waals surface area (Å²) in [6, 6.07) is 0. The molecule has 0 saturated heterocycles. The van der Waals surface area contributed by atoms with Crippen molar-refractivity contribution in [2.45, 2.75) is 12.8 Å². The van der Waals surface area contributed by atoms with Gasteiger partial charge in [-0.25, -0.2) is 0 Å². The third-order valence-corrected chi connectivity index (χ3v) is 2.37. The van der Waals surface area contributed by atoms with Crippen molar-refractivity contribution < 1.29 is 33.9 Å². The number of aliphatic hydroxyl groups excluding tert-OH is 2. The van der Waals surface area contributed by atoms with Crippen LogP contribution in [0.2, 0.25) is 0 Å². The summed E-state index contributed by atoms with van der Waals surface area (Å²) < 4.78 is 26.2. The van der Waals surface area contributed by atoms with Crippen LogP contribution in [0.1, 0.15) is 12.8 Å². The summed E-state index contributed by atoms with van der Waals surface area (Å²) in [7, 11) is 0. The minimum Gasteiger partial charge on any atom is -0.394 e. The lowest BCUT2D eigenvalue weighted by atomic mass is 10.4. The van der Waals surface area contributed by atoms with Crippen LogP contribution < -0.4 is 0 Å². The molecule has 0 bridgehead atoms. The lowest BCUT2D eigenvalue weighted by Gasteiger charge is -2.07. The molecule has 0 rings (SSSR count). The Morgan fingerprint density at radius 2 is 0.667 bits per heavy atom. The van der Waals surface area contributed by atoms with Crippen molar-refractivity contribution in [3.63, 3.8) is 0 Å². The summed E-state index contributed by atoms with van der Waals surface area (Å²) in [5.74, 6) is 0. The molecular formula is C14H30O7. The molecule has 0 aliphatic heterocycles. The van der Waals surface area contributed by atoms with E-state index in [-0.39, 0.29) is 13.2 Å². The molecule has 0 radical (unpaired) electrons. The van der Waals surface area contributed by atoms with Crippen molar-refractivity contribution in [2.75, 3.05) is 79.3 Å². The molecule has 21 heavy (non-hydrogen) atoms. The summed E-state index contributed by atoms with van der Waals surface area (Å²) in [4.78, 5) is 0. The fourth-order valence-corrected chi connectivity index (χ4v) is 1.40. The van der Waals surface area contributed by atoms with Gasteiger partial charge in [-0.2, -0.15) is 0 Å². The third kappa shape index (κ3) is 19.7. The first-order valence-electron chi connectivity index (χ1n) is 7.52. The van der Waals surface area contributed by atoms with Crippen LogP contribution in [-0.4, -0.2) is 89.5 Å². The molecule has 0 aromatic carbocycles. The van der Waals surface area contributed by atoms with Crippen molar-refractivity contribution in [2.24, 2.45) is 0 Å². The summed E-state index contributed by atoms with van der Waals surface area (Å²) in [5.41, 5.74) is 0. The van der Waals surface area contributed by atoms with Crippen LogP contribution >= 0.6 is 0 Å². The van der Waals surface area contributed by atoms with Gasteiger partial charge in [-0.3, -0.25) is 0 Å². The molecule has 0 aliphatic rings. The van der Waals surface area contributed by atoms with Crippen molar-refractivity contribution >= 4 is 0 Å². The second-order valence-electron chi connectivity index (χ2n) is 4.22. The molecule has 0 aliphatic carbocycles. The standard InChI is InChI=1S/C14H30O7/c15-3-9-20-13-11-18-7-1-5-17-6-2-8-19-12-14-21-10-4-16/h15-16H,1-14H2. The maximum Gasteiger partial charge on any atom is 0.0701 e. The van der Waals surface area contributed by atoms with Gasteiger partial charge in [-0.1, -0.05) is 0 Å². The van der Waals surface area contributed by atoms with Crippen LogP contribution in [0.25, 0.3) is 0 Å². The van der Waals surface area contributed by atoms with Gasteiger partial charge in [0.05, 0.1) is 52.9 Å². The molecule has 0 spiro atoms. The summed E-state index contributed by atoms with van der Waals surface area (Å²) >= 11 is 0. The molecule has 2 N–H and O–H groups in total. The molecule has 7 heteroatoms. The van der Waals surface area contributed by atoms with Gasteiger partial charge in [0.15, 0.2) is 0 Å². The average molecular weight is 310 g/mol. The zero-order valence-corrected chi connectivity index (χ0v) is 12.8. The molecule has 0 atom stereocenters. The number of hydrogen-bond donors (Lipinski definition) is 2. The van der Waals surface area contributed by atoms with Gasteiger partial charge >= 0.3 is 0 Å². The number of hydrogen-bond acceptors (Lipinski definition) is 7. The smallest absolute Gasteiger partial charge is 0.0701 e. The maximum absolute atomic E-state index is 8.49. The number of aliphatic hydroxyl groups is 2. The highest BCUT2D eigenvalue weighted by Crippen LogP contribution is 1.90. The van der Waals surface area contributed by atoms with Crippen molar-refractivity contribution in [1.82, 2.24) is 0 Å². The van der Waals surface area contributed by atoms with E-state index >= 15 is 0 Å². The summed E-state index contributed by atoms with van der Waals surface area (Å²) in [6.07, 6.45) is 1.71. The minimum atomic E-state index is 0.0488. The topological polar surface area (TPSA) is 86.6 Å². The Bertz CT molecular complexity index is 163. The lowest BCUT2D eigenvalue weighted by Crippen LogP contribution is -2.10. The van der Waals surface area contributed by atoms with E-state index in [9.17, 15) is 0 Å². The first kappa shape index (κ1) is 20.7. The summed E-state index contributed by atoms with van der Waals surface area (Å²) in [5, 5.41) is 17.0. The Hall–Kier alpha value is -0.280. The van der Waals surface area contributed by atoms with Gasteiger partial charge in [-0.15, -0.1) is 0 Å². The van der Waals surface area contributed by atoms with Gasteiger partial charge in [0.1, 0.15) is 0 Å². The lowest BCUT2D eigenvalue weighted by molar-refractivity contribution is 0.0166. The molecule has 0 saturated carbocycles. The van der Waals surface area contributed by atoms with E-state index < -0.39 is 0 Å². The average Bonchev–Trinajstić information content (AvgIpc) is 2.50. The Morgan fingerprint density at radius 1 is 0.381 bits per heavy atom. The van der Waals surface area contributed by atoms with E-state index in [2.05, 4.69) is 0 Å². The highest BCUT2D eigenvalue weighted by atomic mass is 16.5. The van der Waals surface area contributed by atoms with Crippen LogP contribution in [0.3, 0.4) is 0 Å². The number of rotatable bonds is 18. The van der Waals surface area contributed by atoms with Gasteiger partial charge in [-0.05, 0) is 12.8 Å². The predicted molar refractivity (Wildman–Crippen MR) is 77.5 cm³/mol. The first-order valence-corrected chi connectivity index (χ1v) is 7.52. The zero-order valence-electron chi connectivity index (χ0n) is 12.8.